The third-order valence-electron chi connectivity index (χ3n) is 4.79. The Morgan fingerprint density at radius 3 is 2.21 bits per heavy atom. The molecule has 0 bridgehead atoms. The van der Waals surface area contributed by atoms with E-state index in [4.69, 9.17) is 21.3 Å². The molecule has 2 heterocycles. The molecule has 7 heteroatoms. The molecule has 1 aromatic heterocycles. The first-order valence-electron chi connectivity index (χ1n) is 9.35. The SMILES string of the molecule is CCOC(=O)c1nc2ccccc2nc1N1CCN(c2ccc(Cl)cc2)CC1. The number of halogens is 1. The molecule has 0 unspecified atom stereocenters. The monoisotopic (exact) mass is 396 g/mol. The van der Waals surface area contributed by atoms with Gasteiger partial charge < -0.3 is 14.5 Å². The van der Waals surface area contributed by atoms with Crippen molar-refractivity contribution in [2.24, 2.45) is 0 Å². The second kappa shape index (κ2) is 8.02. The lowest BCUT2D eigenvalue weighted by atomic mass is 10.2. The van der Waals surface area contributed by atoms with Gasteiger partial charge in [0.1, 0.15) is 0 Å². The Morgan fingerprint density at radius 1 is 0.964 bits per heavy atom. The number of nitrogens with zero attached hydrogens (tertiary/aromatic N) is 4. The van der Waals surface area contributed by atoms with Crippen LogP contribution in [0.5, 0.6) is 0 Å². The van der Waals surface area contributed by atoms with E-state index in [0.29, 0.717) is 17.9 Å². The van der Waals surface area contributed by atoms with Gasteiger partial charge in [-0.3, -0.25) is 0 Å². The second-order valence-electron chi connectivity index (χ2n) is 6.56. The zero-order valence-corrected chi connectivity index (χ0v) is 16.4. The fraction of sp³-hybridized carbons (Fsp3) is 0.286. The quantitative estimate of drug-likeness (QED) is 0.625. The van der Waals surface area contributed by atoms with Crippen LogP contribution in [0.2, 0.25) is 5.02 Å². The maximum absolute atomic E-state index is 12.5. The maximum atomic E-state index is 12.5. The molecule has 144 valence electrons. The highest BCUT2D eigenvalue weighted by Gasteiger charge is 2.25. The highest BCUT2D eigenvalue weighted by molar-refractivity contribution is 6.30. The molecular formula is C21H21ClN4O2. The Balaban J connectivity index is 1.60. The second-order valence-corrected chi connectivity index (χ2v) is 6.99. The van der Waals surface area contributed by atoms with Crippen LogP contribution in [0.1, 0.15) is 17.4 Å². The van der Waals surface area contributed by atoms with Crippen molar-refractivity contribution >= 4 is 40.1 Å². The predicted octanol–water partition coefficient (Wildman–Crippen LogP) is 3.79. The van der Waals surface area contributed by atoms with Crippen LogP contribution < -0.4 is 9.80 Å². The lowest BCUT2D eigenvalue weighted by Gasteiger charge is -2.37. The Bertz CT molecular complexity index is 985. The van der Waals surface area contributed by atoms with Gasteiger partial charge in [0, 0.05) is 36.9 Å². The van der Waals surface area contributed by atoms with Gasteiger partial charge in [0.25, 0.3) is 0 Å². The van der Waals surface area contributed by atoms with E-state index in [1.807, 2.05) is 48.5 Å². The normalized spacial score (nSPS) is 14.4. The average Bonchev–Trinajstić information content (AvgIpc) is 2.74. The van der Waals surface area contributed by atoms with Gasteiger partial charge >= 0.3 is 5.97 Å². The Kier molecular flexibility index (Phi) is 5.30. The number of aromatic nitrogens is 2. The van der Waals surface area contributed by atoms with Gasteiger partial charge in [0.05, 0.1) is 17.6 Å². The molecule has 6 nitrogen and oxygen atoms in total. The summed E-state index contributed by atoms with van der Waals surface area (Å²) in [6.07, 6.45) is 0. The van der Waals surface area contributed by atoms with Gasteiger partial charge in [-0.1, -0.05) is 23.7 Å². The molecule has 1 aliphatic heterocycles. The zero-order chi connectivity index (χ0) is 19.5. The van der Waals surface area contributed by atoms with E-state index in [0.717, 1.165) is 42.4 Å². The van der Waals surface area contributed by atoms with Crippen molar-refractivity contribution in [3.63, 3.8) is 0 Å². The van der Waals surface area contributed by atoms with E-state index >= 15 is 0 Å². The van der Waals surface area contributed by atoms with Crippen molar-refractivity contribution in [2.45, 2.75) is 6.92 Å². The first-order chi connectivity index (χ1) is 13.7. The van der Waals surface area contributed by atoms with E-state index in [2.05, 4.69) is 14.8 Å². The van der Waals surface area contributed by atoms with Gasteiger partial charge in [-0.05, 0) is 43.3 Å². The van der Waals surface area contributed by atoms with Crippen molar-refractivity contribution in [1.82, 2.24) is 9.97 Å². The van der Waals surface area contributed by atoms with Gasteiger partial charge in [-0.15, -0.1) is 0 Å². The number of fused-ring (bicyclic) bond motifs is 1. The van der Waals surface area contributed by atoms with E-state index in [-0.39, 0.29) is 5.69 Å². The fourth-order valence-corrected chi connectivity index (χ4v) is 3.50. The highest BCUT2D eigenvalue weighted by Crippen LogP contribution is 2.25. The molecule has 0 saturated carbocycles. The van der Waals surface area contributed by atoms with Crippen molar-refractivity contribution in [3.8, 4) is 0 Å². The Morgan fingerprint density at radius 2 is 1.57 bits per heavy atom. The predicted molar refractivity (Wildman–Crippen MR) is 111 cm³/mol. The fourth-order valence-electron chi connectivity index (χ4n) is 3.38. The number of piperazine rings is 1. The van der Waals surface area contributed by atoms with Crippen LogP contribution in [-0.2, 0) is 4.74 Å². The molecule has 4 rings (SSSR count). The lowest BCUT2D eigenvalue weighted by molar-refractivity contribution is 0.0520. The minimum absolute atomic E-state index is 0.278. The number of esters is 1. The number of ether oxygens (including phenoxy) is 1. The minimum Gasteiger partial charge on any atom is -0.461 e. The van der Waals surface area contributed by atoms with Crippen LogP contribution in [0.25, 0.3) is 11.0 Å². The molecule has 0 aliphatic carbocycles. The number of anilines is 2. The van der Waals surface area contributed by atoms with Crippen LogP contribution in [0.3, 0.4) is 0 Å². The number of benzene rings is 2. The van der Waals surface area contributed by atoms with Crippen molar-refractivity contribution in [3.05, 3.63) is 59.2 Å². The molecule has 0 radical (unpaired) electrons. The highest BCUT2D eigenvalue weighted by atomic mass is 35.5. The van der Waals surface area contributed by atoms with Crippen LogP contribution in [0.4, 0.5) is 11.5 Å². The number of rotatable bonds is 4. The van der Waals surface area contributed by atoms with Gasteiger partial charge in [-0.25, -0.2) is 14.8 Å². The van der Waals surface area contributed by atoms with Crippen molar-refractivity contribution in [2.75, 3.05) is 42.6 Å². The molecule has 1 aliphatic rings. The standard InChI is InChI=1S/C21H21ClN4O2/c1-2-28-21(27)19-20(24-18-6-4-3-5-17(18)23-19)26-13-11-25(12-14-26)16-9-7-15(22)8-10-16/h3-10H,2,11-14H2,1H3. The maximum Gasteiger partial charge on any atom is 0.360 e. The topological polar surface area (TPSA) is 58.6 Å². The summed E-state index contributed by atoms with van der Waals surface area (Å²) in [5.41, 5.74) is 2.87. The van der Waals surface area contributed by atoms with Gasteiger partial charge in [0.2, 0.25) is 0 Å². The van der Waals surface area contributed by atoms with Gasteiger partial charge in [-0.2, -0.15) is 0 Å². The molecule has 3 aromatic rings. The molecular weight excluding hydrogens is 376 g/mol. The summed E-state index contributed by atoms with van der Waals surface area (Å²) in [5.74, 6) is 0.156. The van der Waals surface area contributed by atoms with E-state index < -0.39 is 5.97 Å². The van der Waals surface area contributed by atoms with E-state index in [1.165, 1.54) is 0 Å². The van der Waals surface area contributed by atoms with Crippen molar-refractivity contribution < 1.29 is 9.53 Å². The molecule has 0 atom stereocenters. The van der Waals surface area contributed by atoms with E-state index in [9.17, 15) is 4.79 Å². The number of hydrogen-bond donors (Lipinski definition) is 0. The Labute approximate surface area is 168 Å². The first kappa shape index (κ1) is 18.5. The summed E-state index contributed by atoms with van der Waals surface area (Å²) in [5, 5.41) is 0.730. The molecule has 0 amide bonds. The summed E-state index contributed by atoms with van der Waals surface area (Å²) in [4.78, 5) is 26.2. The zero-order valence-electron chi connectivity index (χ0n) is 15.6. The average molecular weight is 397 g/mol. The third kappa shape index (κ3) is 3.73. The smallest absolute Gasteiger partial charge is 0.360 e. The Hall–Kier alpha value is -2.86. The van der Waals surface area contributed by atoms with Crippen LogP contribution in [0.15, 0.2) is 48.5 Å². The molecule has 1 saturated heterocycles. The van der Waals surface area contributed by atoms with Gasteiger partial charge in [0.15, 0.2) is 11.5 Å². The van der Waals surface area contributed by atoms with E-state index in [1.54, 1.807) is 6.92 Å². The molecule has 0 N–H and O–H groups in total. The summed E-state index contributed by atoms with van der Waals surface area (Å²) in [7, 11) is 0. The van der Waals surface area contributed by atoms with Crippen molar-refractivity contribution in [1.29, 1.82) is 0 Å². The first-order valence-corrected chi connectivity index (χ1v) is 9.73. The summed E-state index contributed by atoms with van der Waals surface area (Å²) in [6, 6.07) is 15.4. The summed E-state index contributed by atoms with van der Waals surface area (Å²) in [6.45, 7) is 5.20. The number of carbonyl (C=O) groups excluding carboxylic acids is 1. The summed E-state index contributed by atoms with van der Waals surface area (Å²) < 4.78 is 5.22. The molecule has 28 heavy (non-hydrogen) atoms. The number of hydrogen-bond acceptors (Lipinski definition) is 6. The lowest BCUT2D eigenvalue weighted by Crippen LogP contribution is -2.47. The van der Waals surface area contributed by atoms with Crippen LogP contribution >= 0.6 is 11.6 Å². The molecule has 1 fully saturated rings. The third-order valence-corrected chi connectivity index (χ3v) is 5.04. The number of carbonyl (C=O) groups is 1. The largest absolute Gasteiger partial charge is 0.461 e. The van der Waals surface area contributed by atoms with Crippen LogP contribution in [-0.4, -0.2) is 48.7 Å². The summed E-state index contributed by atoms with van der Waals surface area (Å²) >= 11 is 5.99. The number of para-hydroxylation sites is 2. The minimum atomic E-state index is -0.434. The molecule has 0 spiro atoms. The molecule has 2 aromatic carbocycles. The van der Waals surface area contributed by atoms with Crippen LogP contribution in [0, 0.1) is 0 Å².